The molecule has 0 saturated heterocycles. The molecule has 1 atom stereocenters. The molecule has 0 aromatic carbocycles. The zero-order valence-corrected chi connectivity index (χ0v) is 13.1. The number of hydrogen-bond donors (Lipinski definition) is 2. The van der Waals surface area contributed by atoms with Crippen molar-refractivity contribution >= 4 is 23.0 Å². The van der Waals surface area contributed by atoms with Crippen molar-refractivity contribution in [1.29, 1.82) is 0 Å². The summed E-state index contributed by atoms with van der Waals surface area (Å²) in [5.74, 6) is -1.54. The molecule has 0 aliphatic heterocycles. The van der Waals surface area contributed by atoms with Crippen molar-refractivity contribution in [1.82, 2.24) is 15.5 Å². The highest BCUT2D eigenvalue weighted by Gasteiger charge is 2.34. The van der Waals surface area contributed by atoms with Crippen LogP contribution in [0.2, 0.25) is 0 Å². The third kappa shape index (κ3) is 2.79. The molecule has 1 amide bonds. The lowest BCUT2D eigenvalue weighted by atomic mass is 9.95. The molecule has 2 rings (SSSR count). The molecule has 1 unspecified atom stereocenters. The number of nitrogens with zero attached hydrogens (tertiary/aromatic N) is 2. The highest BCUT2D eigenvalue weighted by molar-refractivity contribution is 6.07. The van der Waals surface area contributed by atoms with Gasteiger partial charge in [0.05, 0.1) is 16.6 Å². The molecular weight excluding hydrogens is 286 g/mol. The van der Waals surface area contributed by atoms with Crippen LogP contribution in [0.15, 0.2) is 10.6 Å². The number of carboxylic acid groups (broad SMARTS) is 1. The van der Waals surface area contributed by atoms with Crippen LogP contribution < -0.4 is 5.32 Å². The van der Waals surface area contributed by atoms with Gasteiger partial charge in [-0.1, -0.05) is 18.5 Å². The van der Waals surface area contributed by atoms with Crippen molar-refractivity contribution in [3.05, 3.63) is 23.0 Å². The van der Waals surface area contributed by atoms with E-state index in [1.165, 1.54) is 6.92 Å². The molecule has 118 valence electrons. The van der Waals surface area contributed by atoms with E-state index in [4.69, 9.17) is 4.52 Å². The van der Waals surface area contributed by atoms with Crippen molar-refractivity contribution < 1.29 is 19.2 Å². The number of pyridine rings is 1. The molecule has 0 aliphatic rings. The largest absolute Gasteiger partial charge is 0.480 e. The normalized spacial score (nSPS) is 13.8. The Morgan fingerprint density at radius 2 is 2.09 bits per heavy atom. The van der Waals surface area contributed by atoms with E-state index in [0.29, 0.717) is 35.2 Å². The summed E-state index contributed by atoms with van der Waals surface area (Å²) in [6.45, 7) is 6.81. The number of hydrogen-bond acceptors (Lipinski definition) is 5. The monoisotopic (exact) mass is 305 g/mol. The molecule has 7 heteroatoms. The Kier molecular flexibility index (Phi) is 4.16. The van der Waals surface area contributed by atoms with E-state index in [9.17, 15) is 14.7 Å². The minimum atomic E-state index is -1.32. The van der Waals surface area contributed by atoms with Crippen molar-refractivity contribution in [3.8, 4) is 0 Å². The summed E-state index contributed by atoms with van der Waals surface area (Å²) < 4.78 is 5.09. The van der Waals surface area contributed by atoms with E-state index in [2.05, 4.69) is 15.5 Å². The number of rotatable bonds is 5. The lowest BCUT2D eigenvalue weighted by molar-refractivity contribution is -0.144. The fraction of sp³-hybridized carbons (Fsp3) is 0.467. The second-order valence-electron chi connectivity index (χ2n) is 5.60. The van der Waals surface area contributed by atoms with Gasteiger partial charge in [0.15, 0.2) is 0 Å². The van der Waals surface area contributed by atoms with Gasteiger partial charge in [-0.05, 0) is 33.3 Å². The van der Waals surface area contributed by atoms with Crippen molar-refractivity contribution in [3.63, 3.8) is 0 Å². The van der Waals surface area contributed by atoms with Gasteiger partial charge in [0, 0.05) is 5.69 Å². The molecule has 0 fully saturated rings. The zero-order chi connectivity index (χ0) is 16.5. The van der Waals surface area contributed by atoms with Crippen LogP contribution in [0.4, 0.5) is 0 Å². The molecule has 2 N–H and O–H groups in total. The number of carboxylic acids is 1. The van der Waals surface area contributed by atoms with Gasteiger partial charge < -0.3 is 14.9 Å². The summed E-state index contributed by atoms with van der Waals surface area (Å²) in [6.07, 6.45) is 0.976. The lowest BCUT2D eigenvalue weighted by Crippen LogP contribution is -2.52. The van der Waals surface area contributed by atoms with E-state index >= 15 is 0 Å². The third-order valence-corrected chi connectivity index (χ3v) is 3.60. The summed E-state index contributed by atoms with van der Waals surface area (Å²) in [7, 11) is 0. The average molecular weight is 305 g/mol. The van der Waals surface area contributed by atoms with Gasteiger partial charge in [0.2, 0.25) is 0 Å². The summed E-state index contributed by atoms with van der Waals surface area (Å²) >= 11 is 0. The van der Waals surface area contributed by atoms with Gasteiger partial charge in [-0.3, -0.25) is 4.79 Å². The number of amides is 1. The zero-order valence-electron chi connectivity index (χ0n) is 13.1. The maximum atomic E-state index is 12.6. The molecule has 0 radical (unpaired) electrons. The van der Waals surface area contributed by atoms with E-state index < -0.39 is 17.4 Å². The van der Waals surface area contributed by atoms with E-state index in [0.717, 1.165) is 0 Å². The maximum absolute atomic E-state index is 12.6. The van der Waals surface area contributed by atoms with E-state index in [-0.39, 0.29) is 5.71 Å². The Morgan fingerprint density at radius 1 is 1.41 bits per heavy atom. The molecule has 2 aromatic heterocycles. The van der Waals surface area contributed by atoms with Crippen LogP contribution in [0.5, 0.6) is 0 Å². The predicted molar refractivity (Wildman–Crippen MR) is 79.7 cm³/mol. The van der Waals surface area contributed by atoms with Crippen LogP contribution in [-0.4, -0.2) is 32.7 Å². The number of fused-ring (bicyclic) bond motifs is 1. The van der Waals surface area contributed by atoms with Crippen LogP contribution >= 0.6 is 0 Å². The van der Waals surface area contributed by atoms with Crippen LogP contribution in [0.3, 0.4) is 0 Å². The van der Waals surface area contributed by atoms with Crippen LogP contribution in [-0.2, 0) is 4.79 Å². The SMILES string of the molecule is CCCC(C)(NC(=O)c1cc(C)nc2onc(C)c12)C(=O)O. The summed E-state index contributed by atoms with van der Waals surface area (Å²) in [5, 5.41) is 16.3. The Hall–Kier alpha value is -2.44. The first-order chi connectivity index (χ1) is 10.3. The highest BCUT2D eigenvalue weighted by Crippen LogP contribution is 2.23. The molecule has 7 nitrogen and oxygen atoms in total. The molecule has 0 spiro atoms. The number of carbonyl (C=O) groups excluding carboxylic acids is 1. The lowest BCUT2D eigenvalue weighted by Gasteiger charge is -2.25. The highest BCUT2D eigenvalue weighted by atomic mass is 16.5. The van der Waals surface area contributed by atoms with Crippen molar-refractivity contribution in [2.75, 3.05) is 0 Å². The fourth-order valence-corrected chi connectivity index (χ4v) is 2.44. The molecule has 0 aliphatic carbocycles. The summed E-state index contributed by atoms with van der Waals surface area (Å²) in [4.78, 5) is 28.2. The van der Waals surface area contributed by atoms with Crippen LogP contribution in [0, 0.1) is 13.8 Å². The van der Waals surface area contributed by atoms with Crippen molar-refractivity contribution in [2.45, 2.75) is 46.1 Å². The molecule has 2 aromatic rings. The Labute approximate surface area is 127 Å². The quantitative estimate of drug-likeness (QED) is 0.877. The first-order valence-corrected chi connectivity index (χ1v) is 7.08. The van der Waals surface area contributed by atoms with Gasteiger partial charge in [0.1, 0.15) is 5.54 Å². The average Bonchev–Trinajstić information content (AvgIpc) is 2.79. The molecule has 0 bridgehead atoms. The summed E-state index contributed by atoms with van der Waals surface area (Å²) in [5.41, 5.74) is 0.418. The Morgan fingerprint density at radius 3 is 2.68 bits per heavy atom. The molecule has 0 saturated carbocycles. The van der Waals surface area contributed by atoms with Crippen molar-refractivity contribution in [2.24, 2.45) is 0 Å². The number of aliphatic carboxylic acids is 1. The summed E-state index contributed by atoms with van der Waals surface area (Å²) in [6, 6.07) is 1.61. The first kappa shape index (κ1) is 15.9. The van der Waals surface area contributed by atoms with Gasteiger partial charge in [0.25, 0.3) is 11.6 Å². The first-order valence-electron chi connectivity index (χ1n) is 7.08. The number of nitrogens with one attached hydrogen (secondary N) is 1. The van der Waals surface area contributed by atoms with Gasteiger partial charge >= 0.3 is 5.97 Å². The third-order valence-electron chi connectivity index (χ3n) is 3.60. The minimum absolute atomic E-state index is 0.273. The molecule has 2 heterocycles. The number of aryl methyl sites for hydroxylation is 2. The Bertz CT molecular complexity index is 738. The van der Waals surface area contributed by atoms with E-state index in [1.807, 2.05) is 6.92 Å². The number of carbonyl (C=O) groups is 2. The van der Waals surface area contributed by atoms with Crippen LogP contribution in [0.1, 0.15) is 48.4 Å². The fourth-order valence-electron chi connectivity index (χ4n) is 2.44. The van der Waals surface area contributed by atoms with Crippen LogP contribution in [0.25, 0.3) is 11.1 Å². The van der Waals surface area contributed by atoms with Gasteiger partial charge in [-0.15, -0.1) is 0 Å². The van der Waals surface area contributed by atoms with Gasteiger partial charge in [-0.25, -0.2) is 9.78 Å². The smallest absolute Gasteiger partial charge is 0.329 e. The molecular formula is C15H19N3O4. The Balaban J connectivity index is 2.45. The second kappa shape index (κ2) is 5.75. The number of aromatic nitrogens is 2. The van der Waals surface area contributed by atoms with Gasteiger partial charge in [-0.2, -0.15) is 0 Å². The topological polar surface area (TPSA) is 105 Å². The standard InChI is InChI=1S/C15H19N3O4/c1-5-6-15(4,14(20)21)17-12(19)10-7-8(2)16-13-11(10)9(3)18-22-13/h7H,5-6H2,1-4H3,(H,17,19)(H,20,21). The molecule has 22 heavy (non-hydrogen) atoms. The maximum Gasteiger partial charge on any atom is 0.329 e. The second-order valence-corrected chi connectivity index (χ2v) is 5.60. The predicted octanol–water partition coefficient (Wildman–Crippen LogP) is 2.21. The van der Waals surface area contributed by atoms with E-state index in [1.54, 1.807) is 19.9 Å². The minimum Gasteiger partial charge on any atom is -0.480 e.